The molecule has 0 amide bonds. The summed E-state index contributed by atoms with van der Waals surface area (Å²) in [5.41, 5.74) is 0.261. The Morgan fingerprint density at radius 2 is 1.53 bits per heavy atom. The van der Waals surface area contributed by atoms with Crippen LogP contribution in [0.4, 0.5) is 0 Å². The van der Waals surface area contributed by atoms with Gasteiger partial charge in [0.15, 0.2) is 0 Å². The predicted molar refractivity (Wildman–Crippen MR) is 67.9 cm³/mol. The summed E-state index contributed by atoms with van der Waals surface area (Å²) in [6.45, 7) is 13.5. The average Bonchev–Trinajstić information content (AvgIpc) is 2.01. The van der Waals surface area contributed by atoms with E-state index in [4.69, 9.17) is 0 Å². The number of aliphatic hydroxyl groups excluding tert-OH is 1. The summed E-state index contributed by atoms with van der Waals surface area (Å²) in [4.78, 5) is 0. The monoisotopic (exact) mass is 214 g/mol. The van der Waals surface area contributed by atoms with E-state index in [1.165, 1.54) is 6.42 Å². The SMILES string of the molecule is CC(C)CCCC(O)CC(C)(C)C(C)C. The van der Waals surface area contributed by atoms with Gasteiger partial charge in [0.1, 0.15) is 0 Å². The third-order valence-corrected chi connectivity index (χ3v) is 3.64. The third-order valence-electron chi connectivity index (χ3n) is 3.64. The first-order valence-corrected chi connectivity index (χ1v) is 6.43. The molecule has 0 radical (unpaired) electrons. The van der Waals surface area contributed by atoms with Gasteiger partial charge in [-0.1, -0.05) is 54.4 Å². The zero-order chi connectivity index (χ0) is 12.1. The minimum atomic E-state index is -0.110. The van der Waals surface area contributed by atoms with Crippen molar-refractivity contribution >= 4 is 0 Å². The van der Waals surface area contributed by atoms with E-state index in [0.29, 0.717) is 5.92 Å². The second-order valence-corrected chi connectivity index (χ2v) is 6.33. The first kappa shape index (κ1) is 15.0. The van der Waals surface area contributed by atoms with E-state index in [1.807, 2.05) is 0 Å². The molecule has 0 aliphatic heterocycles. The molecular weight excluding hydrogens is 184 g/mol. The fourth-order valence-corrected chi connectivity index (χ4v) is 1.71. The lowest BCUT2D eigenvalue weighted by molar-refractivity contribution is 0.0800. The highest BCUT2D eigenvalue weighted by Gasteiger charge is 2.25. The Hall–Kier alpha value is -0.0400. The second-order valence-electron chi connectivity index (χ2n) is 6.33. The largest absolute Gasteiger partial charge is 0.393 e. The van der Waals surface area contributed by atoms with Gasteiger partial charge in [0.2, 0.25) is 0 Å². The molecule has 0 aromatic heterocycles. The molecule has 0 aromatic carbocycles. The molecule has 92 valence electrons. The summed E-state index contributed by atoms with van der Waals surface area (Å²) in [5, 5.41) is 9.95. The molecule has 0 saturated carbocycles. The molecule has 0 saturated heterocycles. The van der Waals surface area contributed by atoms with Crippen LogP contribution >= 0.6 is 0 Å². The predicted octanol–water partition coefficient (Wildman–Crippen LogP) is 4.25. The number of rotatable bonds is 7. The van der Waals surface area contributed by atoms with E-state index in [-0.39, 0.29) is 11.5 Å². The summed E-state index contributed by atoms with van der Waals surface area (Å²) in [6.07, 6.45) is 4.18. The Kier molecular flexibility index (Phi) is 6.51. The van der Waals surface area contributed by atoms with E-state index < -0.39 is 0 Å². The van der Waals surface area contributed by atoms with Crippen molar-refractivity contribution in [2.45, 2.75) is 73.3 Å². The van der Waals surface area contributed by atoms with Crippen molar-refractivity contribution in [1.29, 1.82) is 0 Å². The lowest BCUT2D eigenvalue weighted by atomic mass is 9.76. The van der Waals surface area contributed by atoms with Gasteiger partial charge in [-0.2, -0.15) is 0 Å². The minimum Gasteiger partial charge on any atom is -0.393 e. The highest BCUT2D eigenvalue weighted by molar-refractivity contribution is 4.76. The lowest BCUT2D eigenvalue weighted by Gasteiger charge is -2.31. The Morgan fingerprint density at radius 1 is 1.00 bits per heavy atom. The molecular formula is C14H30O. The van der Waals surface area contributed by atoms with Crippen molar-refractivity contribution < 1.29 is 5.11 Å². The molecule has 0 fully saturated rings. The molecule has 1 N–H and O–H groups in total. The van der Waals surface area contributed by atoms with E-state index in [2.05, 4.69) is 41.5 Å². The van der Waals surface area contributed by atoms with Crippen LogP contribution in [0.3, 0.4) is 0 Å². The van der Waals surface area contributed by atoms with Crippen LogP contribution in [-0.2, 0) is 0 Å². The van der Waals surface area contributed by atoms with Crippen LogP contribution in [0, 0.1) is 17.3 Å². The zero-order valence-corrected chi connectivity index (χ0v) is 11.5. The normalized spacial score (nSPS) is 15.0. The van der Waals surface area contributed by atoms with Gasteiger partial charge >= 0.3 is 0 Å². The van der Waals surface area contributed by atoms with Crippen LogP contribution in [0.5, 0.6) is 0 Å². The van der Waals surface area contributed by atoms with Crippen LogP contribution in [0.15, 0.2) is 0 Å². The van der Waals surface area contributed by atoms with Gasteiger partial charge in [-0.25, -0.2) is 0 Å². The summed E-state index contributed by atoms with van der Waals surface area (Å²) >= 11 is 0. The van der Waals surface area contributed by atoms with E-state index in [9.17, 15) is 5.11 Å². The maximum absolute atomic E-state index is 9.95. The molecule has 15 heavy (non-hydrogen) atoms. The Bertz CT molecular complexity index is 159. The van der Waals surface area contributed by atoms with Crippen molar-refractivity contribution in [3.8, 4) is 0 Å². The molecule has 0 rings (SSSR count). The molecule has 0 bridgehead atoms. The summed E-state index contributed by atoms with van der Waals surface area (Å²) in [6, 6.07) is 0. The first-order chi connectivity index (χ1) is 6.75. The summed E-state index contributed by atoms with van der Waals surface area (Å²) in [7, 11) is 0. The molecule has 0 aliphatic rings. The van der Waals surface area contributed by atoms with Crippen LogP contribution < -0.4 is 0 Å². The van der Waals surface area contributed by atoms with Gasteiger partial charge in [-0.15, -0.1) is 0 Å². The van der Waals surface area contributed by atoms with Crippen molar-refractivity contribution in [3.63, 3.8) is 0 Å². The van der Waals surface area contributed by atoms with Crippen LogP contribution in [0.1, 0.15) is 67.2 Å². The van der Waals surface area contributed by atoms with Crippen LogP contribution in [0.25, 0.3) is 0 Å². The van der Waals surface area contributed by atoms with Gasteiger partial charge in [-0.05, 0) is 30.1 Å². The van der Waals surface area contributed by atoms with E-state index in [1.54, 1.807) is 0 Å². The van der Waals surface area contributed by atoms with Crippen molar-refractivity contribution in [2.75, 3.05) is 0 Å². The molecule has 1 heteroatoms. The van der Waals surface area contributed by atoms with Gasteiger partial charge in [0, 0.05) is 0 Å². The highest BCUT2D eigenvalue weighted by Crippen LogP contribution is 2.32. The smallest absolute Gasteiger partial charge is 0.0545 e. The fourth-order valence-electron chi connectivity index (χ4n) is 1.71. The third kappa shape index (κ3) is 6.94. The topological polar surface area (TPSA) is 20.2 Å². The molecule has 0 aliphatic carbocycles. The number of aliphatic hydroxyl groups is 1. The first-order valence-electron chi connectivity index (χ1n) is 6.43. The van der Waals surface area contributed by atoms with E-state index in [0.717, 1.165) is 25.2 Å². The molecule has 0 heterocycles. The van der Waals surface area contributed by atoms with Crippen molar-refractivity contribution in [3.05, 3.63) is 0 Å². The fraction of sp³-hybridized carbons (Fsp3) is 1.00. The maximum atomic E-state index is 9.95. The molecule has 0 spiro atoms. The standard InChI is InChI=1S/C14H30O/c1-11(2)8-7-9-13(15)10-14(5,6)12(3)4/h11-13,15H,7-10H2,1-6H3. The molecule has 1 unspecified atom stereocenters. The number of hydrogen-bond acceptors (Lipinski definition) is 1. The Balaban J connectivity index is 3.78. The summed E-state index contributed by atoms with van der Waals surface area (Å²) in [5.74, 6) is 1.40. The zero-order valence-electron chi connectivity index (χ0n) is 11.5. The van der Waals surface area contributed by atoms with Crippen LogP contribution in [-0.4, -0.2) is 11.2 Å². The minimum absolute atomic E-state index is 0.110. The number of hydrogen-bond donors (Lipinski definition) is 1. The second kappa shape index (κ2) is 6.52. The Morgan fingerprint density at radius 3 is 1.93 bits per heavy atom. The highest BCUT2D eigenvalue weighted by atomic mass is 16.3. The molecule has 0 aromatic rings. The van der Waals surface area contributed by atoms with Gasteiger partial charge < -0.3 is 5.11 Å². The van der Waals surface area contributed by atoms with Crippen LogP contribution in [0.2, 0.25) is 0 Å². The van der Waals surface area contributed by atoms with E-state index >= 15 is 0 Å². The van der Waals surface area contributed by atoms with Gasteiger partial charge in [0.25, 0.3) is 0 Å². The van der Waals surface area contributed by atoms with Crippen molar-refractivity contribution in [2.24, 2.45) is 17.3 Å². The van der Waals surface area contributed by atoms with Crippen molar-refractivity contribution in [1.82, 2.24) is 0 Å². The average molecular weight is 214 g/mol. The molecule has 1 nitrogen and oxygen atoms in total. The van der Waals surface area contributed by atoms with Gasteiger partial charge in [-0.3, -0.25) is 0 Å². The summed E-state index contributed by atoms with van der Waals surface area (Å²) < 4.78 is 0. The molecule has 1 atom stereocenters. The maximum Gasteiger partial charge on any atom is 0.0545 e. The quantitative estimate of drug-likeness (QED) is 0.672. The van der Waals surface area contributed by atoms with Gasteiger partial charge in [0.05, 0.1) is 6.10 Å². The lowest BCUT2D eigenvalue weighted by Crippen LogP contribution is -2.25. The Labute approximate surface area is 96.3 Å².